The first-order valence-corrected chi connectivity index (χ1v) is 9.55. The maximum absolute atomic E-state index is 5.40. The summed E-state index contributed by atoms with van der Waals surface area (Å²) in [6, 6.07) is 9.71. The zero-order valence-corrected chi connectivity index (χ0v) is 16.5. The van der Waals surface area contributed by atoms with Gasteiger partial charge in [0.05, 0.1) is 31.7 Å². The van der Waals surface area contributed by atoms with Crippen molar-refractivity contribution in [1.82, 2.24) is 4.98 Å². The molecule has 29 heavy (non-hydrogen) atoms. The average molecular weight is 389 g/mol. The standard InChI is InChI=1S/C22H23N5O2/c1-28-19-10-8-17(13-20(19)29-2)26-22-25-16-6-4-12-24-21(18(27-22)9-7-16)15-5-3-11-23-14-15/h3-5,8,10-14,16H,6-7,9H2,1-2H3,(H,25,26)/b12-4-,24-21?. The van der Waals surface area contributed by atoms with Gasteiger partial charge in [-0.3, -0.25) is 9.98 Å². The number of pyridine rings is 1. The largest absolute Gasteiger partial charge is 0.493 e. The molecule has 0 radical (unpaired) electrons. The van der Waals surface area contributed by atoms with Crippen molar-refractivity contribution >= 4 is 23.1 Å². The van der Waals surface area contributed by atoms with E-state index in [2.05, 4.69) is 21.4 Å². The van der Waals surface area contributed by atoms with Gasteiger partial charge in [-0.1, -0.05) is 6.08 Å². The minimum Gasteiger partial charge on any atom is -0.493 e. The van der Waals surface area contributed by atoms with E-state index in [1.165, 1.54) is 0 Å². The van der Waals surface area contributed by atoms with Gasteiger partial charge in [0.15, 0.2) is 11.5 Å². The predicted octanol–water partition coefficient (Wildman–Crippen LogP) is 3.88. The lowest BCUT2D eigenvalue weighted by atomic mass is 10.0. The van der Waals surface area contributed by atoms with E-state index in [1.54, 1.807) is 20.4 Å². The van der Waals surface area contributed by atoms with Gasteiger partial charge >= 0.3 is 0 Å². The molecule has 1 unspecified atom stereocenters. The van der Waals surface area contributed by atoms with Crippen LogP contribution >= 0.6 is 0 Å². The summed E-state index contributed by atoms with van der Waals surface area (Å²) < 4.78 is 10.7. The quantitative estimate of drug-likeness (QED) is 0.861. The van der Waals surface area contributed by atoms with Gasteiger partial charge in [0.1, 0.15) is 0 Å². The SMILES string of the molecule is COc1ccc(NC2=NC3C/C=C\N=C(c4cccnc4)C(=N2)CC3)cc1OC. The molecule has 1 aromatic carbocycles. The summed E-state index contributed by atoms with van der Waals surface area (Å²) in [5, 5.41) is 3.33. The van der Waals surface area contributed by atoms with Crippen molar-refractivity contribution in [2.45, 2.75) is 25.3 Å². The molecule has 0 aliphatic carbocycles. The Bertz CT molecular complexity index is 996. The number of fused-ring (bicyclic) bond motifs is 3. The van der Waals surface area contributed by atoms with Gasteiger partial charge in [-0.15, -0.1) is 0 Å². The number of ether oxygens (including phenoxy) is 2. The van der Waals surface area contributed by atoms with Crippen molar-refractivity contribution in [1.29, 1.82) is 0 Å². The summed E-state index contributed by atoms with van der Waals surface area (Å²) in [6.07, 6.45) is 10.0. The Morgan fingerprint density at radius 2 is 2.00 bits per heavy atom. The number of nitrogens with one attached hydrogen (secondary N) is 1. The average Bonchev–Trinajstić information content (AvgIpc) is 2.90. The summed E-state index contributed by atoms with van der Waals surface area (Å²) in [5.41, 5.74) is 3.51. The number of aliphatic imine (C=N–C) groups is 3. The molecule has 7 heteroatoms. The molecular formula is C22H23N5O2. The third-order valence-electron chi connectivity index (χ3n) is 4.83. The third-order valence-corrected chi connectivity index (χ3v) is 4.83. The Kier molecular flexibility index (Phi) is 5.65. The van der Waals surface area contributed by atoms with Crippen LogP contribution in [0.15, 0.2) is 70.0 Å². The van der Waals surface area contributed by atoms with Crippen LogP contribution in [0.4, 0.5) is 5.69 Å². The molecule has 2 aliphatic heterocycles. The van der Waals surface area contributed by atoms with E-state index < -0.39 is 0 Å². The lowest BCUT2D eigenvalue weighted by Gasteiger charge is -2.12. The number of guanidine groups is 1. The van der Waals surface area contributed by atoms with Gasteiger partial charge in [0.2, 0.25) is 5.96 Å². The second-order valence-electron chi connectivity index (χ2n) is 6.74. The smallest absolute Gasteiger partial charge is 0.223 e. The van der Waals surface area contributed by atoms with Crippen LogP contribution in [0.25, 0.3) is 0 Å². The van der Waals surface area contributed by atoms with E-state index >= 15 is 0 Å². The summed E-state index contributed by atoms with van der Waals surface area (Å²) in [4.78, 5) is 18.6. The van der Waals surface area contributed by atoms with E-state index in [0.717, 1.165) is 41.9 Å². The second kappa shape index (κ2) is 8.68. The molecule has 4 rings (SSSR count). The number of rotatable bonds is 4. The number of aromatic nitrogens is 1. The Morgan fingerprint density at radius 3 is 2.79 bits per heavy atom. The molecule has 2 bridgehead atoms. The van der Waals surface area contributed by atoms with Gasteiger partial charge < -0.3 is 14.8 Å². The molecule has 7 nitrogen and oxygen atoms in total. The number of benzene rings is 1. The molecule has 0 saturated heterocycles. The van der Waals surface area contributed by atoms with Crippen molar-refractivity contribution in [2.24, 2.45) is 15.0 Å². The Balaban J connectivity index is 1.69. The highest BCUT2D eigenvalue weighted by Crippen LogP contribution is 2.30. The monoisotopic (exact) mass is 389 g/mol. The van der Waals surface area contributed by atoms with Gasteiger partial charge in [-0.2, -0.15) is 0 Å². The summed E-state index contributed by atoms with van der Waals surface area (Å²) in [7, 11) is 3.23. The maximum atomic E-state index is 5.40. The molecule has 0 saturated carbocycles. The number of methoxy groups -OCH3 is 2. The zero-order valence-electron chi connectivity index (χ0n) is 16.5. The molecule has 1 aromatic heterocycles. The van der Waals surface area contributed by atoms with Crippen LogP contribution in [0.2, 0.25) is 0 Å². The fourth-order valence-corrected chi connectivity index (χ4v) is 3.36. The van der Waals surface area contributed by atoms with Gasteiger partial charge in [-0.05, 0) is 43.5 Å². The minimum absolute atomic E-state index is 0.151. The van der Waals surface area contributed by atoms with E-state index in [0.29, 0.717) is 17.5 Å². The number of nitrogens with zero attached hydrogens (tertiary/aromatic N) is 4. The highest BCUT2D eigenvalue weighted by molar-refractivity contribution is 6.49. The fraction of sp³-hybridized carbons (Fsp3) is 0.273. The molecule has 1 atom stereocenters. The molecule has 2 aliphatic rings. The van der Waals surface area contributed by atoms with Crippen LogP contribution in [0.5, 0.6) is 11.5 Å². The molecule has 2 aromatic rings. The number of hydrogen-bond acceptors (Lipinski definition) is 7. The van der Waals surface area contributed by atoms with Crippen molar-refractivity contribution < 1.29 is 9.47 Å². The van der Waals surface area contributed by atoms with Crippen LogP contribution in [-0.2, 0) is 0 Å². The topological polar surface area (TPSA) is 80.5 Å². The molecule has 1 N–H and O–H groups in total. The summed E-state index contributed by atoms with van der Waals surface area (Å²) in [5.74, 6) is 1.89. The van der Waals surface area contributed by atoms with E-state index in [4.69, 9.17) is 19.5 Å². The Labute approximate surface area is 169 Å². The van der Waals surface area contributed by atoms with Crippen molar-refractivity contribution in [3.05, 3.63) is 60.6 Å². The summed E-state index contributed by atoms with van der Waals surface area (Å²) >= 11 is 0. The van der Waals surface area contributed by atoms with Gasteiger partial charge in [-0.25, -0.2) is 9.98 Å². The van der Waals surface area contributed by atoms with E-state index in [-0.39, 0.29) is 6.04 Å². The first-order chi connectivity index (χ1) is 14.3. The minimum atomic E-state index is 0.151. The lowest BCUT2D eigenvalue weighted by molar-refractivity contribution is 0.355. The van der Waals surface area contributed by atoms with E-state index in [9.17, 15) is 0 Å². The number of anilines is 1. The van der Waals surface area contributed by atoms with Crippen LogP contribution < -0.4 is 14.8 Å². The molecule has 3 heterocycles. The highest BCUT2D eigenvalue weighted by Gasteiger charge is 2.21. The van der Waals surface area contributed by atoms with Crippen LogP contribution in [0.3, 0.4) is 0 Å². The fourth-order valence-electron chi connectivity index (χ4n) is 3.36. The Hall–Kier alpha value is -3.48. The first-order valence-electron chi connectivity index (χ1n) is 9.55. The second-order valence-corrected chi connectivity index (χ2v) is 6.74. The molecular weight excluding hydrogens is 366 g/mol. The molecule has 0 fully saturated rings. The molecule has 148 valence electrons. The summed E-state index contributed by atoms with van der Waals surface area (Å²) in [6.45, 7) is 0. The van der Waals surface area contributed by atoms with Crippen molar-refractivity contribution in [3.8, 4) is 11.5 Å². The van der Waals surface area contributed by atoms with Crippen molar-refractivity contribution in [2.75, 3.05) is 19.5 Å². The van der Waals surface area contributed by atoms with Crippen LogP contribution in [0, 0.1) is 0 Å². The normalized spacial score (nSPS) is 19.5. The lowest BCUT2D eigenvalue weighted by Crippen LogP contribution is -2.19. The maximum Gasteiger partial charge on any atom is 0.223 e. The van der Waals surface area contributed by atoms with Crippen molar-refractivity contribution in [3.63, 3.8) is 0 Å². The molecule has 0 amide bonds. The predicted molar refractivity (Wildman–Crippen MR) is 116 cm³/mol. The third kappa shape index (κ3) is 4.34. The van der Waals surface area contributed by atoms with Crippen LogP contribution in [-0.4, -0.2) is 42.6 Å². The Morgan fingerprint density at radius 1 is 1.10 bits per heavy atom. The molecule has 0 spiro atoms. The first kappa shape index (κ1) is 18.9. The van der Waals surface area contributed by atoms with E-state index in [1.807, 2.05) is 42.7 Å². The highest BCUT2D eigenvalue weighted by atomic mass is 16.5. The van der Waals surface area contributed by atoms with Gasteiger partial charge in [0.25, 0.3) is 0 Å². The van der Waals surface area contributed by atoms with Crippen LogP contribution in [0.1, 0.15) is 24.8 Å². The number of hydrogen-bond donors (Lipinski definition) is 1. The van der Waals surface area contributed by atoms with Gasteiger partial charge in [0, 0.05) is 35.9 Å². The zero-order chi connectivity index (χ0) is 20.1.